The van der Waals surface area contributed by atoms with Gasteiger partial charge in [0.15, 0.2) is 5.96 Å². The second-order valence-electron chi connectivity index (χ2n) is 6.72. The van der Waals surface area contributed by atoms with Crippen molar-refractivity contribution in [2.45, 2.75) is 19.9 Å². The molecule has 8 nitrogen and oxygen atoms in total. The molecule has 0 saturated carbocycles. The van der Waals surface area contributed by atoms with Gasteiger partial charge < -0.3 is 25.0 Å². The van der Waals surface area contributed by atoms with E-state index < -0.39 is 0 Å². The van der Waals surface area contributed by atoms with E-state index in [4.69, 9.17) is 9.47 Å². The highest BCUT2D eigenvalue weighted by atomic mass is 127. The molecule has 1 aromatic heterocycles. The van der Waals surface area contributed by atoms with E-state index in [1.807, 2.05) is 41.2 Å². The average molecular weight is 530 g/mol. The van der Waals surface area contributed by atoms with Gasteiger partial charge in [-0.1, -0.05) is 0 Å². The minimum absolute atomic E-state index is 0. The van der Waals surface area contributed by atoms with Gasteiger partial charge in [0.05, 0.1) is 25.0 Å². The van der Waals surface area contributed by atoms with Crippen LogP contribution in [0.25, 0.3) is 5.69 Å². The molecule has 1 aromatic carbocycles. The van der Waals surface area contributed by atoms with Crippen molar-refractivity contribution >= 4 is 29.9 Å². The third kappa shape index (κ3) is 9.31. The Hall–Kier alpha value is -1.85. The normalized spacial score (nSPS) is 11.3. The second-order valence-corrected chi connectivity index (χ2v) is 6.72. The first-order valence-corrected chi connectivity index (χ1v) is 10.0. The highest BCUT2D eigenvalue weighted by molar-refractivity contribution is 14.0. The van der Waals surface area contributed by atoms with Gasteiger partial charge in [0, 0.05) is 46.1 Å². The Balaban J connectivity index is 0.00000450. The maximum absolute atomic E-state index is 5.20. The summed E-state index contributed by atoms with van der Waals surface area (Å²) in [6, 6.07) is 9.80. The molecule has 0 aliphatic heterocycles. The fraction of sp³-hybridized carbons (Fsp3) is 0.524. The highest BCUT2D eigenvalue weighted by Crippen LogP contribution is 2.14. The smallest absolute Gasteiger partial charge is 0.191 e. The van der Waals surface area contributed by atoms with Crippen molar-refractivity contribution in [3.05, 3.63) is 42.2 Å². The molecule has 0 aliphatic rings. The fourth-order valence-corrected chi connectivity index (χ4v) is 2.78. The van der Waals surface area contributed by atoms with Crippen LogP contribution >= 0.6 is 24.0 Å². The van der Waals surface area contributed by atoms with Crippen molar-refractivity contribution < 1.29 is 9.47 Å². The van der Waals surface area contributed by atoms with Gasteiger partial charge in [0.1, 0.15) is 5.75 Å². The van der Waals surface area contributed by atoms with Crippen molar-refractivity contribution in [2.75, 3.05) is 54.1 Å². The molecule has 2 N–H and O–H groups in total. The number of benzene rings is 1. The van der Waals surface area contributed by atoms with Gasteiger partial charge in [-0.05, 0) is 50.7 Å². The average Bonchev–Trinajstić information content (AvgIpc) is 3.21. The first-order valence-electron chi connectivity index (χ1n) is 10.0. The number of hydrogen-bond donors (Lipinski definition) is 2. The number of guanidine groups is 1. The summed E-state index contributed by atoms with van der Waals surface area (Å²) < 4.78 is 12.1. The molecule has 2 aromatic rings. The number of methoxy groups -OCH3 is 2. The summed E-state index contributed by atoms with van der Waals surface area (Å²) in [5, 5.41) is 11.3. The van der Waals surface area contributed by atoms with E-state index in [0.717, 1.165) is 62.3 Å². The van der Waals surface area contributed by atoms with Crippen LogP contribution in [0.1, 0.15) is 19.0 Å². The molecule has 0 radical (unpaired) electrons. The van der Waals surface area contributed by atoms with Crippen LogP contribution < -0.4 is 15.4 Å². The van der Waals surface area contributed by atoms with Crippen LogP contribution in [0.2, 0.25) is 0 Å². The van der Waals surface area contributed by atoms with Gasteiger partial charge in [0.25, 0.3) is 0 Å². The zero-order chi connectivity index (χ0) is 20.9. The van der Waals surface area contributed by atoms with Crippen molar-refractivity contribution in [2.24, 2.45) is 4.99 Å². The Morgan fingerprint density at radius 2 is 1.90 bits per heavy atom. The topological polar surface area (TPSA) is 75.9 Å². The van der Waals surface area contributed by atoms with E-state index in [2.05, 4.69) is 39.6 Å². The number of aromatic nitrogens is 2. The SMILES string of the molecule is CCNC(=NCc1ccn(-c2ccc(OC)cc2)n1)NCCN(C)CCCOC.I. The van der Waals surface area contributed by atoms with Crippen molar-refractivity contribution in [3.8, 4) is 11.4 Å². The van der Waals surface area contributed by atoms with Crippen molar-refractivity contribution in [1.29, 1.82) is 0 Å². The Labute approximate surface area is 197 Å². The molecule has 0 amide bonds. The van der Waals surface area contributed by atoms with E-state index in [9.17, 15) is 0 Å². The minimum atomic E-state index is 0. The molecule has 30 heavy (non-hydrogen) atoms. The zero-order valence-corrected chi connectivity index (χ0v) is 20.8. The first kappa shape index (κ1) is 26.2. The van der Waals surface area contributed by atoms with Gasteiger partial charge in [-0.15, -0.1) is 24.0 Å². The number of likely N-dealkylation sites (N-methyl/N-ethyl adjacent to an activating group) is 1. The summed E-state index contributed by atoms with van der Waals surface area (Å²) in [4.78, 5) is 6.93. The van der Waals surface area contributed by atoms with Crippen LogP contribution in [0, 0.1) is 0 Å². The van der Waals surface area contributed by atoms with Crippen LogP contribution in [0.3, 0.4) is 0 Å². The van der Waals surface area contributed by atoms with Crippen LogP contribution in [-0.4, -0.2) is 74.7 Å². The molecular weight excluding hydrogens is 495 g/mol. The van der Waals surface area contributed by atoms with Crippen molar-refractivity contribution in [1.82, 2.24) is 25.3 Å². The van der Waals surface area contributed by atoms with E-state index in [-0.39, 0.29) is 24.0 Å². The Morgan fingerprint density at radius 1 is 1.13 bits per heavy atom. The van der Waals surface area contributed by atoms with E-state index in [1.54, 1.807) is 14.2 Å². The van der Waals surface area contributed by atoms with Crippen molar-refractivity contribution in [3.63, 3.8) is 0 Å². The Morgan fingerprint density at radius 3 is 2.57 bits per heavy atom. The van der Waals surface area contributed by atoms with Gasteiger partial charge >= 0.3 is 0 Å². The summed E-state index contributed by atoms with van der Waals surface area (Å²) in [7, 11) is 5.52. The maximum Gasteiger partial charge on any atom is 0.191 e. The monoisotopic (exact) mass is 530 g/mol. The lowest BCUT2D eigenvalue weighted by molar-refractivity contribution is 0.180. The Bertz CT molecular complexity index is 735. The maximum atomic E-state index is 5.20. The molecular formula is C21H35IN6O2. The number of nitrogens with zero attached hydrogens (tertiary/aromatic N) is 4. The Kier molecular flexibility index (Phi) is 13.1. The summed E-state index contributed by atoms with van der Waals surface area (Å²) in [6.07, 6.45) is 2.99. The standard InChI is InChI=1S/C21H34N6O2.HI/c1-5-22-21(23-12-15-26(2)13-6-16-28-3)24-17-18-11-14-27(25-18)19-7-9-20(29-4)10-8-19;/h7-11,14H,5-6,12-13,15-17H2,1-4H3,(H2,22,23,24);1H. The lowest BCUT2D eigenvalue weighted by Gasteiger charge is -2.18. The van der Waals surface area contributed by atoms with Crippen LogP contribution in [0.15, 0.2) is 41.5 Å². The lowest BCUT2D eigenvalue weighted by Crippen LogP contribution is -2.41. The lowest BCUT2D eigenvalue weighted by atomic mass is 10.3. The molecule has 0 spiro atoms. The second kappa shape index (κ2) is 15.0. The molecule has 0 saturated heterocycles. The molecule has 0 unspecified atom stereocenters. The largest absolute Gasteiger partial charge is 0.497 e. The van der Waals surface area contributed by atoms with Gasteiger partial charge in [-0.3, -0.25) is 0 Å². The first-order chi connectivity index (χ1) is 14.2. The summed E-state index contributed by atoms with van der Waals surface area (Å²) in [6.45, 7) is 6.98. The molecule has 1 heterocycles. The predicted molar refractivity (Wildman–Crippen MR) is 132 cm³/mol. The summed E-state index contributed by atoms with van der Waals surface area (Å²) in [5.74, 6) is 1.63. The summed E-state index contributed by atoms with van der Waals surface area (Å²) in [5.41, 5.74) is 1.90. The van der Waals surface area contributed by atoms with Crippen LogP contribution in [-0.2, 0) is 11.3 Å². The van der Waals surface area contributed by atoms with Crippen LogP contribution in [0.5, 0.6) is 5.75 Å². The number of hydrogen-bond acceptors (Lipinski definition) is 5. The zero-order valence-electron chi connectivity index (χ0n) is 18.4. The predicted octanol–water partition coefficient (Wildman–Crippen LogP) is 2.52. The third-order valence-electron chi connectivity index (χ3n) is 4.40. The van der Waals surface area contributed by atoms with Gasteiger partial charge in [0.2, 0.25) is 0 Å². The number of ether oxygens (including phenoxy) is 2. The van der Waals surface area contributed by atoms with Crippen LogP contribution in [0.4, 0.5) is 0 Å². The minimum Gasteiger partial charge on any atom is -0.497 e. The highest BCUT2D eigenvalue weighted by Gasteiger charge is 2.04. The molecule has 168 valence electrons. The number of aliphatic imine (C=N–C) groups is 1. The number of halogens is 1. The molecule has 0 aliphatic carbocycles. The number of nitrogens with one attached hydrogen (secondary N) is 2. The quantitative estimate of drug-likeness (QED) is 0.190. The molecule has 0 bridgehead atoms. The van der Waals surface area contributed by atoms with E-state index >= 15 is 0 Å². The van der Waals surface area contributed by atoms with Gasteiger partial charge in [-0.25, -0.2) is 9.67 Å². The number of rotatable bonds is 12. The third-order valence-corrected chi connectivity index (χ3v) is 4.40. The molecule has 9 heteroatoms. The molecule has 0 fully saturated rings. The van der Waals surface area contributed by atoms with E-state index in [0.29, 0.717) is 6.54 Å². The molecule has 0 atom stereocenters. The molecule has 2 rings (SSSR count). The van der Waals surface area contributed by atoms with Gasteiger partial charge in [-0.2, -0.15) is 5.10 Å². The van der Waals surface area contributed by atoms with E-state index in [1.165, 1.54) is 0 Å². The summed E-state index contributed by atoms with van der Waals surface area (Å²) >= 11 is 0. The fourth-order valence-electron chi connectivity index (χ4n) is 2.78.